The topological polar surface area (TPSA) is 85.9 Å². The number of rotatable bonds is 6. The molecule has 0 aromatic heterocycles. The first-order valence-electron chi connectivity index (χ1n) is 7.14. The van der Waals surface area contributed by atoms with Crippen LogP contribution >= 0.6 is 0 Å². The van der Waals surface area contributed by atoms with Crippen LogP contribution in [0.1, 0.15) is 22.8 Å². The molecule has 0 aliphatic carbocycles. The molecule has 2 aromatic rings. The summed E-state index contributed by atoms with van der Waals surface area (Å²) in [6, 6.07) is 12.1. The molecule has 6 heteroatoms. The fourth-order valence-corrected chi connectivity index (χ4v) is 2.00. The van der Waals surface area contributed by atoms with Crippen molar-refractivity contribution in [2.45, 2.75) is 6.92 Å². The zero-order valence-corrected chi connectivity index (χ0v) is 13.1. The second-order valence-corrected chi connectivity index (χ2v) is 4.64. The molecule has 0 heterocycles. The lowest BCUT2D eigenvalue weighted by Crippen LogP contribution is -2.17. The van der Waals surface area contributed by atoms with Crippen molar-refractivity contribution in [3.63, 3.8) is 0 Å². The largest absolute Gasteiger partial charge is 0.493 e. The number of amides is 1. The number of para-hydroxylation sites is 1. The summed E-state index contributed by atoms with van der Waals surface area (Å²) in [5.74, 6) is 0.854. The van der Waals surface area contributed by atoms with Crippen molar-refractivity contribution >= 4 is 17.8 Å². The Balaban J connectivity index is 2.13. The van der Waals surface area contributed by atoms with Crippen molar-refractivity contribution in [3.05, 3.63) is 53.6 Å². The molecule has 2 aromatic carbocycles. The highest BCUT2D eigenvalue weighted by atomic mass is 16.5. The Morgan fingerprint density at radius 1 is 1.30 bits per heavy atom. The van der Waals surface area contributed by atoms with Crippen LogP contribution in [0.15, 0.2) is 47.6 Å². The van der Waals surface area contributed by atoms with Gasteiger partial charge in [-0.15, -0.1) is 0 Å². The first kappa shape index (κ1) is 16.4. The summed E-state index contributed by atoms with van der Waals surface area (Å²) in [5.41, 5.74) is 9.78. The van der Waals surface area contributed by atoms with E-state index in [2.05, 4.69) is 10.5 Å². The normalized spacial score (nSPS) is 10.5. The molecule has 0 bridgehead atoms. The number of nitrogens with one attached hydrogen (secondary N) is 1. The summed E-state index contributed by atoms with van der Waals surface area (Å²) in [6.45, 7) is 2.38. The number of carbonyl (C=O) groups is 1. The third-order valence-corrected chi connectivity index (χ3v) is 3.04. The van der Waals surface area contributed by atoms with Crippen molar-refractivity contribution in [2.75, 3.05) is 19.5 Å². The van der Waals surface area contributed by atoms with Crippen molar-refractivity contribution in [1.29, 1.82) is 0 Å². The van der Waals surface area contributed by atoms with Gasteiger partial charge in [0.2, 0.25) is 0 Å². The van der Waals surface area contributed by atoms with E-state index in [1.54, 1.807) is 37.4 Å². The van der Waals surface area contributed by atoms with Crippen LogP contribution in [0.3, 0.4) is 0 Å². The molecular formula is C17H19N3O3. The predicted octanol–water partition coefficient (Wildman–Crippen LogP) is 2.44. The van der Waals surface area contributed by atoms with Crippen molar-refractivity contribution < 1.29 is 14.3 Å². The Hall–Kier alpha value is -3.02. The van der Waals surface area contributed by atoms with Gasteiger partial charge in [0, 0.05) is 16.8 Å². The highest BCUT2D eigenvalue weighted by molar-refractivity contribution is 5.95. The zero-order valence-electron chi connectivity index (χ0n) is 13.1. The third kappa shape index (κ3) is 4.23. The number of benzene rings is 2. The number of ether oxygens (including phenoxy) is 2. The van der Waals surface area contributed by atoms with Gasteiger partial charge in [-0.1, -0.05) is 12.1 Å². The maximum absolute atomic E-state index is 12.0. The van der Waals surface area contributed by atoms with Gasteiger partial charge in [0.25, 0.3) is 5.91 Å². The Morgan fingerprint density at radius 3 is 2.78 bits per heavy atom. The third-order valence-electron chi connectivity index (χ3n) is 3.04. The molecule has 0 fully saturated rings. The van der Waals surface area contributed by atoms with Crippen LogP contribution in [-0.2, 0) is 0 Å². The Kier molecular flexibility index (Phi) is 5.57. The van der Waals surface area contributed by atoms with E-state index in [1.165, 1.54) is 6.21 Å². The molecule has 3 N–H and O–H groups in total. The van der Waals surface area contributed by atoms with E-state index in [-0.39, 0.29) is 5.91 Å². The van der Waals surface area contributed by atoms with Gasteiger partial charge >= 0.3 is 0 Å². The Labute approximate surface area is 134 Å². The maximum Gasteiger partial charge on any atom is 0.271 e. The van der Waals surface area contributed by atoms with Crippen LogP contribution in [0.2, 0.25) is 0 Å². The van der Waals surface area contributed by atoms with Crippen LogP contribution < -0.4 is 20.6 Å². The van der Waals surface area contributed by atoms with Crippen LogP contribution in [0.5, 0.6) is 11.5 Å². The fourth-order valence-electron chi connectivity index (χ4n) is 2.00. The fraction of sp³-hybridized carbons (Fsp3) is 0.176. The highest BCUT2D eigenvalue weighted by Gasteiger charge is 2.09. The molecule has 0 atom stereocenters. The molecule has 6 nitrogen and oxygen atoms in total. The van der Waals surface area contributed by atoms with Crippen LogP contribution in [0, 0.1) is 0 Å². The molecule has 0 saturated heterocycles. The van der Waals surface area contributed by atoms with Gasteiger partial charge < -0.3 is 15.2 Å². The van der Waals surface area contributed by atoms with Crippen LogP contribution in [0.4, 0.5) is 5.69 Å². The lowest BCUT2D eigenvalue weighted by Gasteiger charge is -2.11. The predicted molar refractivity (Wildman–Crippen MR) is 90.1 cm³/mol. The van der Waals surface area contributed by atoms with E-state index in [1.807, 2.05) is 19.1 Å². The van der Waals surface area contributed by atoms with E-state index in [0.29, 0.717) is 34.9 Å². The number of nitrogens with two attached hydrogens (primary N) is 1. The summed E-state index contributed by atoms with van der Waals surface area (Å²) in [7, 11) is 1.57. The lowest BCUT2D eigenvalue weighted by molar-refractivity contribution is 0.0955. The number of anilines is 1. The summed E-state index contributed by atoms with van der Waals surface area (Å²) in [6.07, 6.45) is 1.51. The summed E-state index contributed by atoms with van der Waals surface area (Å²) >= 11 is 0. The average molecular weight is 313 g/mol. The summed E-state index contributed by atoms with van der Waals surface area (Å²) in [5, 5.41) is 3.96. The monoisotopic (exact) mass is 313 g/mol. The minimum absolute atomic E-state index is 0.339. The number of nitrogen functional groups attached to an aromatic ring is 1. The van der Waals surface area contributed by atoms with E-state index < -0.39 is 0 Å². The standard InChI is InChI=1S/C17H19N3O3/c1-3-23-16-13(7-5-9-15(16)22-2)11-19-20-17(21)12-6-4-8-14(18)10-12/h4-11H,3,18H2,1-2H3,(H,20,21)/b19-11-. The summed E-state index contributed by atoms with van der Waals surface area (Å²) in [4.78, 5) is 12.0. The van der Waals surface area contributed by atoms with Gasteiger partial charge in [-0.05, 0) is 37.3 Å². The molecule has 0 aliphatic heterocycles. The maximum atomic E-state index is 12.0. The minimum Gasteiger partial charge on any atom is -0.493 e. The highest BCUT2D eigenvalue weighted by Crippen LogP contribution is 2.29. The molecule has 0 spiro atoms. The molecule has 0 radical (unpaired) electrons. The number of carbonyl (C=O) groups excluding carboxylic acids is 1. The second kappa shape index (κ2) is 7.84. The Bertz CT molecular complexity index is 714. The number of hydrazone groups is 1. The molecule has 0 saturated carbocycles. The van der Waals surface area contributed by atoms with E-state index >= 15 is 0 Å². The SMILES string of the molecule is CCOc1c(/C=N\NC(=O)c2cccc(N)c2)cccc1OC. The molecule has 120 valence electrons. The number of hydrogen-bond donors (Lipinski definition) is 2. The zero-order chi connectivity index (χ0) is 16.7. The van der Waals surface area contributed by atoms with Gasteiger partial charge in [0.15, 0.2) is 11.5 Å². The van der Waals surface area contributed by atoms with Gasteiger partial charge in [-0.2, -0.15) is 5.10 Å². The average Bonchev–Trinajstić information content (AvgIpc) is 2.56. The number of methoxy groups -OCH3 is 1. The minimum atomic E-state index is -0.339. The number of nitrogens with zero attached hydrogens (tertiary/aromatic N) is 1. The quantitative estimate of drug-likeness (QED) is 0.487. The summed E-state index contributed by atoms with van der Waals surface area (Å²) < 4.78 is 10.8. The molecule has 0 aliphatic rings. The Morgan fingerprint density at radius 2 is 2.09 bits per heavy atom. The van der Waals surface area contributed by atoms with E-state index in [0.717, 1.165) is 0 Å². The van der Waals surface area contributed by atoms with Gasteiger partial charge in [0.05, 0.1) is 19.9 Å². The molecular weight excluding hydrogens is 294 g/mol. The molecule has 23 heavy (non-hydrogen) atoms. The number of hydrogen-bond acceptors (Lipinski definition) is 5. The first-order valence-corrected chi connectivity index (χ1v) is 7.14. The van der Waals surface area contributed by atoms with Gasteiger partial charge in [-0.25, -0.2) is 5.43 Å². The van der Waals surface area contributed by atoms with E-state index in [9.17, 15) is 4.79 Å². The molecule has 1 amide bonds. The van der Waals surface area contributed by atoms with Crippen molar-refractivity contribution in [2.24, 2.45) is 5.10 Å². The van der Waals surface area contributed by atoms with Crippen LogP contribution in [-0.4, -0.2) is 25.8 Å². The lowest BCUT2D eigenvalue weighted by atomic mass is 10.2. The molecule has 2 rings (SSSR count). The van der Waals surface area contributed by atoms with Gasteiger partial charge in [-0.3, -0.25) is 4.79 Å². The van der Waals surface area contributed by atoms with Crippen LogP contribution in [0.25, 0.3) is 0 Å². The van der Waals surface area contributed by atoms with Gasteiger partial charge in [0.1, 0.15) is 0 Å². The van der Waals surface area contributed by atoms with Crippen molar-refractivity contribution in [1.82, 2.24) is 5.43 Å². The van der Waals surface area contributed by atoms with Crippen molar-refractivity contribution in [3.8, 4) is 11.5 Å². The van der Waals surface area contributed by atoms with E-state index in [4.69, 9.17) is 15.2 Å². The smallest absolute Gasteiger partial charge is 0.271 e. The molecule has 0 unspecified atom stereocenters. The second-order valence-electron chi connectivity index (χ2n) is 4.64. The first-order chi connectivity index (χ1) is 11.2.